The largest absolute Gasteiger partial charge is 0.319 e. The van der Waals surface area contributed by atoms with E-state index in [4.69, 9.17) is 0 Å². The molecule has 1 saturated carbocycles. The average Bonchev–Trinajstić information content (AvgIpc) is 2.38. The first-order valence-electron chi connectivity index (χ1n) is 8.13. The molecule has 0 bridgehead atoms. The van der Waals surface area contributed by atoms with E-state index >= 15 is 0 Å². The van der Waals surface area contributed by atoms with Crippen molar-refractivity contribution < 1.29 is 0 Å². The van der Waals surface area contributed by atoms with E-state index in [1.165, 1.54) is 24.8 Å². The molecule has 0 spiro atoms. The van der Waals surface area contributed by atoms with Crippen molar-refractivity contribution in [2.75, 3.05) is 13.6 Å². The molecule has 0 aliphatic heterocycles. The minimum atomic E-state index is 0.437. The summed E-state index contributed by atoms with van der Waals surface area (Å²) in [6, 6.07) is 9.17. The second-order valence-corrected chi connectivity index (χ2v) is 7.71. The molecule has 0 heterocycles. The maximum Gasteiger partial charge on any atom is -0.00177 e. The van der Waals surface area contributed by atoms with E-state index in [2.05, 4.69) is 64.3 Å². The van der Waals surface area contributed by atoms with Gasteiger partial charge < -0.3 is 5.32 Å². The third-order valence-electron chi connectivity index (χ3n) is 5.15. The van der Waals surface area contributed by atoms with Crippen LogP contribution in [0.2, 0.25) is 0 Å². The van der Waals surface area contributed by atoms with E-state index in [-0.39, 0.29) is 0 Å². The molecule has 20 heavy (non-hydrogen) atoms. The summed E-state index contributed by atoms with van der Waals surface area (Å²) < 4.78 is 0. The van der Waals surface area contributed by atoms with Crippen LogP contribution in [0.3, 0.4) is 0 Å². The predicted octanol–water partition coefficient (Wildman–Crippen LogP) is 4.76. The van der Waals surface area contributed by atoms with Crippen molar-refractivity contribution in [1.29, 1.82) is 0 Å². The van der Waals surface area contributed by atoms with Crippen molar-refractivity contribution in [2.24, 2.45) is 17.3 Å². The van der Waals surface area contributed by atoms with E-state index in [1.54, 1.807) is 5.56 Å². The third-order valence-corrected chi connectivity index (χ3v) is 5.15. The first-order valence-corrected chi connectivity index (χ1v) is 8.13. The van der Waals surface area contributed by atoms with Gasteiger partial charge in [0.25, 0.3) is 0 Å². The lowest BCUT2D eigenvalue weighted by Crippen LogP contribution is -2.34. The SMILES string of the molecule is CNCC1CCC(C(C)(C)C)CC1c1cccc(C)c1. The maximum atomic E-state index is 3.41. The Labute approximate surface area is 125 Å². The van der Waals surface area contributed by atoms with E-state index in [0.717, 1.165) is 24.3 Å². The summed E-state index contributed by atoms with van der Waals surface area (Å²) in [5.74, 6) is 2.36. The van der Waals surface area contributed by atoms with Crippen LogP contribution in [0.25, 0.3) is 0 Å². The van der Waals surface area contributed by atoms with Crippen molar-refractivity contribution in [1.82, 2.24) is 5.32 Å². The van der Waals surface area contributed by atoms with Crippen molar-refractivity contribution in [3.63, 3.8) is 0 Å². The summed E-state index contributed by atoms with van der Waals surface area (Å²) in [6.07, 6.45) is 4.10. The molecule has 1 fully saturated rings. The van der Waals surface area contributed by atoms with Crippen LogP contribution in [-0.2, 0) is 0 Å². The quantitative estimate of drug-likeness (QED) is 0.837. The number of hydrogen-bond acceptors (Lipinski definition) is 1. The molecule has 1 heteroatoms. The minimum Gasteiger partial charge on any atom is -0.319 e. The molecule has 1 nitrogen and oxygen atoms in total. The highest BCUT2D eigenvalue weighted by molar-refractivity contribution is 5.26. The second kappa shape index (κ2) is 6.30. The van der Waals surface area contributed by atoms with Gasteiger partial charge in [-0.3, -0.25) is 0 Å². The van der Waals surface area contributed by atoms with E-state index in [1.807, 2.05) is 0 Å². The molecule has 3 atom stereocenters. The van der Waals surface area contributed by atoms with E-state index in [0.29, 0.717) is 5.41 Å². The summed E-state index contributed by atoms with van der Waals surface area (Å²) in [4.78, 5) is 0. The molecular formula is C19H31N. The molecule has 1 N–H and O–H groups in total. The predicted molar refractivity (Wildman–Crippen MR) is 88.1 cm³/mol. The highest BCUT2D eigenvalue weighted by atomic mass is 14.8. The Bertz CT molecular complexity index is 430. The summed E-state index contributed by atoms with van der Waals surface area (Å²) in [7, 11) is 2.09. The third kappa shape index (κ3) is 3.63. The molecule has 3 unspecified atom stereocenters. The molecule has 1 aromatic rings. The number of aryl methyl sites for hydroxylation is 1. The first kappa shape index (κ1) is 15.6. The van der Waals surface area contributed by atoms with Gasteiger partial charge in [-0.2, -0.15) is 0 Å². The summed E-state index contributed by atoms with van der Waals surface area (Å²) in [5, 5.41) is 3.41. The van der Waals surface area contributed by atoms with Crippen LogP contribution in [-0.4, -0.2) is 13.6 Å². The number of rotatable bonds is 3. The highest BCUT2D eigenvalue weighted by Gasteiger charge is 2.36. The zero-order valence-corrected chi connectivity index (χ0v) is 13.9. The molecule has 0 aromatic heterocycles. The van der Waals surface area contributed by atoms with Crippen LogP contribution < -0.4 is 5.32 Å². The van der Waals surface area contributed by atoms with Crippen LogP contribution in [0.15, 0.2) is 24.3 Å². The Balaban J connectivity index is 2.23. The van der Waals surface area contributed by atoms with Gasteiger partial charge in [-0.25, -0.2) is 0 Å². The molecule has 0 saturated heterocycles. The lowest BCUT2D eigenvalue weighted by molar-refractivity contribution is 0.130. The van der Waals surface area contributed by atoms with Crippen molar-refractivity contribution in [3.05, 3.63) is 35.4 Å². The normalized spacial score (nSPS) is 27.6. The van der Waals surface area contributed by atoms with Gasteiger partial charge in [-0.05, 0) is 68.5 Å². The summed E-state index contributed by atoms with van der Waals surface area (Å²) in [6.45, 7) is 10.6. The lowest BCUT2D eigenvalue weighted by atomic mass is 9.64. The van der Waals surface area contributed by atoms with Crippen molar-refractivity contribution in [3.8, 4) is 0 Å². The smallest absolute Gasteiger partial charge is 0.00177 e. The zero-order valence-electron chi connectivity index (χ0n) is 13.9. The van der Waals surface area contributed by atoms with E-state index < -0.39 is 0 Å². The minimum absolute atomic E-state index is 0.437. The van der Waals surface area contributed by atoms with Gasteiger partial charge in [-0.1, -0.05) is 50.6 Å². The van der Waals surface area contributed by atoms with Crippen LogP contribution in [0.1, 0.15) is 57.1 Å². The van der Waals surface area contributed by atoms with Gasteiger partial charge >= 0.3 is 0 Å². The molecule has 0 amide bonds. The summed E-state index contributed by atoms with van der Waals surface area (Å²) >= 11 is 0. The van der Waals surface area contributed by atoms with Gasteiger partial charge in [0, 0.05) is 0 Å². The second-order valence-electron chi connectivity index (χ2n) is 7.71. The Morgan fingerprint density at radius 3 is 2.55 bits per heavy atom. The number of benzene rings is 1. The molecular weight excluding hydrogens is 242 g/mol. The summed E-state index contributed by atoms with van der Waals surface area (Å²) in [5.41, 5.74) is 3.38. The van der Waals surface area contributed by atoms with Gasteiger partial charge in [0.1, 0.15) is 0 Å². The Kier molecular flexibility index (Phi) is 4.90. The molecule has 0 radical (unpaired) electrons. The van der Waals surface area contributed by atoms with Gasteiger partial charge in [0.15, 0.2) is 0 Å². The zero-order chi connectivity index (χ0) is 14.8. The molecule has 112 valence electrons. The van der Waals surface area contributed by atoms with Crippen LogP contribution in [0.5, 0.6) is 0 Å². The van der Waals surface area contributed by atoms with E-state index in [9.17, 15) is 0 Å². The monoisotopic (exact) mass is 273 g/mol. The Morgan fingerprint density at radius 1 is 1.20 bits per heavy atom. The maximum absolute atomic E-state index is 3.41. The van der Waals surface area contributed by atoms with Gasteiger partial charge in [-0.15, -0.1) is 0 Å². The van der Waals surface area contributed by atoms with Crippen LogP contribution in [0.4, 0.5) is 0 Å². The molecule has 2 rings (SSSR count). The molecule has 1 aliphatic carbocycles. The fraction of sp³-hybridized carbons (Fsp3) is 0.684. The number of nitrogens with one attached hydrogen (secondary N) is 1. The molecule has 1 aliphatic rings. The van der Waals surface area contributed by atoms with Gasteiger partial charge in [0.2, 0.25) is 0 Å². The van der Waals surface area contributed by atoms with Crippen LogP contribution in [0, 0.1) is 24.2 Å². The molecule has 1 aromatic carbocycles. The fourth-order valence-electron chi connectivity index (χ4n) is 3.84. The standard InChI is InChI=1S/C19H31N/c1-14-7-6-8-15(11-14)18-12-17(19(2,3)4)10-9-16(18)13-20-5/h6-8,11,16-18,20H,9-10,12-13H2,1-5H3. The number of hydrogen-bond donors (Lipinski definition) is 1. The first-order chi connectivity index (χ1) is 9.41. The average molecular weight is 273 g/mol. The van der Waals surface area contributed by atoms with Gasteiger partial charge in [0.05, 0.1) is 0 Å². The highest BCUT2D eigenvalue weighted by Crippen LogP contribution is 2.46. The lowest BCUT2D eigenvalue weighted by Gasteiger charge is -2.42. The van der Waals surface area contributed by atoms with Crippen LogP contribution >= 0.6 is 0 Å². The van der Waals surface area contributed by atoms with Crippen molar-refractivity contribution >= 4 is 0 Å². The fourth-order valence-corrected chi connectivity index (χ4v) is 3.84. The Morgan fingerprint density at radius 2 is 1.95 bits per heavy atom. The Hall–Kier alpha value is -0.820. The topological polar surface area (TPSA) is 12.0 Å². The van der Waals surface area contributed by atoms with Crippen molar-refractivity contribution in [2.45, 2.75) is 52.9 Å².